The van der Waals surface area contributed by atoms with E-state index in [2.05, 4.69) is 10.0 Å². The van der Waals surface area contributed by atoms with E-state index < -0.39 is 31.2 Å². The number of nitro benzene ring substituents is 1. The average Bonchev–Trinajstić information content (AvgIpc) is 2.64. The summed E-state index contributed by atoms with van der Waals surface area (Å²) in [6.07, 6.45) is 0. The minimum atomic E-state index is -4.41. The summed E-state index contributed by atoms with van der Waals surface area (Å²) in [4.78, 5) is 22.2. The summed E-state index contributed by atoms with van der Waals surface area (Å²) < 4.78 is 32.8. The van der Waals surface area contributed by atoms with E-state index in [1.807, 2.05) is 0 Å². The molecule has 0 saturated carbocycles. The molecule has 140 valence electrons. The highest BCUT2D eigenvalue weighted by Crippen LogP contribution is 2.31. The lowest BCUT2D eigenvalue weighted by Gasteiger charge is -2.14. The van der Waals surface area contributed by atoms with Crippen LogP contribution in [0, 0.1) is 10.1 Å². The number of para-hydroxylation sites is 2. The van der Waals surface area contributed by atoms with E-state index >= 15 is 0 Å². The second kappa shape index (κ2) is 7.08. The summed E-state index contributed by atoms with van der Waals surface area (Å²) in [5.41, 5.74) is -1.32. The quantitative estimate of drug-likeness (QED) is 0.376. The van der Waals surface area contributed by atoms with Gasteiger partial charge in [-0.2, -0.15) is 0 Å². The zero-order valence-electron chi connectivity index (χ0n) is 14.1. The van der Waals surface area contributed by atoms with Crippen molar-refractivity contribution < 1.29 is 17.8 Å². The standard InChI is InChI=1S/C17H15N3O6S/c1-2-18-15-11-7-3-5-9-13(11)26-17(21)16(15)19-27(24,25)14-10-6-4-8-12(14)20(22)23/h3-10,18-19H,2H2,1H3. The highest BCUT2D eigenvalue weighted by atomic mass is 32.2. The van der Waals surface area contributed by atoms with Crippen molar-refractivity contribution >= 4 is 38.1 Å². The molecule has 9 nitrogen and oxygen atoms in total. The Morgan fingerprint density at radius 1 is 1.07 bits per heavy atom. The van der Waals surface area contributed by atoms with Crippen molar-refractivity contribution in [1.29, 1.82) is 0 Å². The fraction of sp³-hybridized carbons (Fsp3) is 0.118. The second-order valence-electron chi connectivity index (χ2n) is 5.50. The zero-order chi connectivity index (χ0) is 19.6. The Balaban J connectivity index is 2.19. The molecule has 27 heavy (non-hydrogen) atoms. The van der Waals surface area contributed by atoms with Crippen LogP contribution >= 0.6 is 0 Å². The number of hydrogen-bond acceptors (Lipinski definition) is 7. The Bertz CT molecular complexity index is 1190. The van der Waals surface area contributed by atoms with Crippen LogP contribution < -0.4 is 15.7 Å². The number of rotatable bonds is 6. The molecule has 0 aliphatic rings. The highest BCUT2D eigenvalue weighted by Gasteiger charge is 2.28. The van der Waals surface area contributed by atoms with Crippen LogP contribution in [0.5, 0.6) is 0 Å². The van der Waals surface area contributed by atoms with E-state index in [0.29, 0.717) is 11.9 Å². The summed E-state index contributed by atoms with van der Waals surface area (Å²) in [5.74, 6) is 0. The van der Waals surface area contributed by atoms with E-state index in [9.17, 15) is 23.3 Å². The lowest BCUT2D eigenvalue weighted by atomic mass is 10.2. The largest absolute Gasteiger partial charge is 0.421 e. The van der Waals surface area contributed by atoms with Gasteiger partial charge < -0.3 is 9.73 Å². The summed E-state index contributed by atoms with van der Waals surface area (Å²) in [7, 11) is -4.41. The molecule has 0 atom stereocenters. The minimum absolute atomic E-state index is 0.242. The highest BCUT2D eigenvalue weighted by molar-refractivity contribution is 7.92. The van der Waals surface area contributed by atoms with Gasteiger partial charge in [0.05, 0.1) is 10.6 Å². The van der Waals surface area contributed by atoms with Gasteiger partial charge in [0, 0.05) is 18.0 Å². The smallest absolute Gasteiger partial charge is 0.363 e. The molecule has 0 radical (unpaired) electrons. The molecular weight excluding hydrogens is 374 g/mol. The third-order valence-corrected chi connectivity index (χ3v) is 5.15. The summed E-state index contributed by atoms with van der Waals surface area (Å²) in [5, 5.41) is 14.6. The monoisotopic (exact) mass is 389 g/mol. The summed E-state index contributed by atoms with van der Waals surface area (Å²) >= 11 is 0. The van der Waals surface area contributed by atoms with Gasteiger partial charge in [0.15, 0.2) is 10.6 Å². The van der Waals surface area contributed by atoms with Gasteiger partial charge in [-0.25, -0.2) is 13.2 Å². The summed E-state index contributed by atoms with van der Waals surface area (Å²) in [6.45, 7) is 2.19. The molecule has 2 N–H and O–H groups in total. The number of benzene rings is 2. The molecule has 0 spiro atoms. The van der Waals surface area contributed by atoms with Crippen molar-refractivity contribution in [3.05, 3.63) is 69.1 Å². The van der Waals surface area contributed by atoms with Crippen LogP contribution in [0.2, 0.25) is 0 Å². The topological polar surface area (TPSA) is 132 Å². The molecule has 3 rings (SSSR count). The van der Waals surface area contributed by atoms with E-state index in [1.54, 1.807) is 31.2 Å². The minimum Gasteiger partial charge on any atom is -0.421 e. The number of anilines is 2. The molecule has 10 heteroatoms. The number of fused-ring (bicyclic) bond motifs is 1. The third kappa shape index (κ3) is 3.47. The third-order valence-electron chi connectivity index (χ3n) is 3.75. The van der Waals surface area contributed by atoms with Gasteiger partial charge >= 0.3 is 5.63 Å². The van der Waals surface area contributed by atoms with Crippen LogP contribution in [-0.2, 0) is 10.0 Å². The van der Waals surface area contributed by atoms with Crippen LogP contribution in [0.25, 0.3) is 11.0 Å². The van der Waals surface area contributed by atoms with Crippen molar-refractivity contribution in [2.75, 3.05) is 16.6 Å². The predicted octanol–water partition coefficient (Wildman–Crippen LogP) is 2.93. The first-order valence-corrected chi connectivity index (χ1v) is 9.39. The van der Waals surface area contributed by atoms with Gasteiger partial charge in [-0.15, -0.1) is 0 Å². The molecule has 0 unspecified atom stereocenters. The molecule has 0 fully saturated rings. The maximum Gasteiger partial charge on any atom is 0.363 e. The van der Waals surface area contributed by atoms with E-state index in [4.69, 9.17) is 4.42 Å². The Hall–Kier alpha value is -3.40. The Morgan fingerprint density at radius 2 is 1.74 bits per heavy atom. The Kier molecular flexibility index (Phi) is 4.82. The first-order chi connectivity index (χ1) is 12.8. The molecule has 1 heterocycles. The van der Waals surface area contributed by atoms with E-state index in [-0.39, 0.29) is 17.0 Å². The van der Waals surface area contributed by atoms with Gasteiger partial charge in [0.25, 0.3) is 15.7 Å². The zero-order valence-corrected chi connectivity index (χ0v) is 14.9. The van der Waals surface area contributed by atoms with E-state index in [1.165, 1.54) is 12.1 Å². The van der Waals surface area contributed by atoms with Crippen molar-refractivity contribution in [3.63, 3.8) is 0 Å². The fourth-order valence-electron chi connectivity index (χ4n) is 2.63. The molecule has 0 amide bonds. The molecule has 3 aromatic rings. The number of nitro groups is 1. The lowest BCUT2D eigenvalue weighted by molar-refractivity contribution is -0.387. The van der Waals surface area contributed by atoms with Crippen molar-refractivity contribution in [2.45, 2.75) is 11.8 Å². The fourth-order valence-corrected chi connectivity index (χ4v) is 3.87. The van der Waals surface area contributed by atoms with Gasteiger partial charge in [0.1, 0.15) is 5.58 Å². The maximum absolute atomic E-state index is 12.7. The molecule has 2 aromatic carbocycles. The maximum atomic E-state index is 12.7. The molecule has 0 saturated heterocycles. The predicted molar refractivity (Wildman–Crippen MR) is 101 cm³/mol. The van der Waals surface area contributed by atoms with Crippen molar-refractivity contribution in [1.82, 2.24) is 0 Å². The van der Waals surface area contributed by atoms with Gasteiger partial charge in [-0.3, -0.25) is 14.8 Å². The first-order valence-electron chi connectivity index (χ1n) is 7.91. The molecule has 0 aliphatic heterocycles. The van der Waals surface area contributed by atoms with Gasteiger partial charge in [-0.05, 0) is 25.1 Å². The van der Waals surface area contributed by atoms with Gasteiger partial charge in [-0.1, -0.05) is 24.3 Å². The van der Waals surface area contributed by atoms with Crippen LogP contribution in [0.1, 0.15) is 6.92 Å². The molecular formula is C17H15N3O6S. The average molecular weight is 389 g/mol. The van der Waals surface area contributed by atoms with Crippen molar-refractivity contribution in [3.8, 4) is 0 Å². The van der Waals surface area contributed by atoms with Crippen LogP contribution in [-0.4, -0.2) is 19.9 Å². The van der Waals surface area contributed by atoms with E-state index in [0.717, 1.165) is 12.1 Å². The molecule has 0 aliphatic carbocycles. The SMILES string of the molecule is CCNc1c(NS(=O)(=O)c2ccccc2[N+](=O)[O-])c(=O)oc2ccccc12. The van der Waals surface area contributed by atoms with Crippen LogP contribution in [0.3, 0.4) is 0 Å². The second-order valence-corrected chi connectivity index (χ2v) is 7.15. The lowest BCUT2D eigenvalue weighted by Crippen LogP contribution is -2.21. The van der Waals surface area contributed by atoms with Crippen molar-refractivity contribution in [2.24, 2.45) is 0 Å². The normalized spacial score (nSPS) is 11.3. The molecule has 0 bridgehead atoms. The Labute approximate surface area is 153 Å². The Morgan fingerprint density at radius 3 is 2.44 bits per heavy atom. The number of nitrogens with one attached hydrogen (secondary N) is 2. The number of sulfonamides is 1. The number of hydrogen-bond donors (Lipinski definition) is 2. The van der Waals surface area contributed by atoms with Gasteiger partial charge in [0.2, 0.25) is 0 Å². The van der Waals surface area contributed by atoms with Crippen LogP contribution in [0.4, 0.5) is 17.1 Å². The summed E-state index contributed by atoms with van der Waals surface area (Å²) in [6, 6.07) is 11.5. The molecule has 1 aromatic heterocycles. The van der Waals surface area contributed by atoms with Crippen LogP contribution in [0.15, 0.2) is 62.6 Å². The first kappa shape index (κ1) is 18.4. The number of nitrogens with zero attached hydrogens (tertiary/aromatic N) is 1.